The number of aryl methyl sites for hydroxylation is 1. The Hall–Kier alpha value is -2.31. The van der Waals surface area contributed by atoms with Crippen molar-refractivity contribution in [2.45, 2.75) is 26.8 Å². The number of aromatic nitrogens is 1. The van der Waals surface area contributed by atoms with Crippen molar-refractivity contribution in [3.05, 3.63) is 45.4 Å². The van der Waals surface area contributed by atoms with E-state index in [9.17, 15) is 4.79 Å². The summed E-state index contributed by atoms with van der Waals surface area (Å²) in [5.74, 6) is 1.63. The first-order chi connectivity index (χ1) is 13.5. The van der Waals surface area contributed by atoms with Gasteiger partial charge in [0.15, 0.2) is 0 Å². The molecule has 0 aliphatic carbocycles. The summed E-state index contributed by atoms with van der Waals surface area (Å²) < 4.78 is 13.1. The Bertz CT molecular complexity index is 872. The van der Waals surface area contributed by atoms with Crippen LogP contribution in [-0.2, 0) is 13.6 Å². The first-order valence-electron chi connectivity index (χ1n) is 9.81. The minimum atomic E-state index is 0.0339. The van der Waals surface area contributed by atoms with Crippen molar-refractivity contribution in [1.82, 2.24) is 14.8 Å². The Morgan fingerprint density at radius 3 is 2.36 bits per heavy atom. The smallest absolute Gasteiger partial charge is 0.253 e. The fraction of sp³-hybridized carbons (Fsp3) is 0.500. The standard InChI is InChI=1S/C22H31N3O3/c1-15-16(2)22(26)24(3)13-18(15)17-11-20(27-4)19(21(12-17)28-5)14-25-9-6-7-23-8-10-25/h11-13,23H,6-10,14H2,1-5H3. The van der Waals surface area contributed by atoms with E-state index in [0.717, 1.165) is 78.5 Å². The molecular weight excluding hydrogens is 354 g/mol. The second-order valence-electron chi connectivity index (χ2n) is 7.45. The molecule has 152 valence electrons. The van der Waals surface area contributed by atoms with Gasteiger partial charge in [-0.05, 0) is 56.6 Å². The molecule has 3 rings (SSSR count). The molecule has 0 bridgehead atoms. The number of ether oxygens (including phenoxy) is 2. The Balaban J connectivity index is 2.05. The number of benzene rings is 1. The van der Waals surface area contributed by atoms with Crippen LogP contribution in [0.5, 0.6) is 11.5 Å². The number of methoxy groups -OCH3 is 2. The average Bonchev–Trinajstić information content (AvgIpc) is 2.98. The highest BCUT2D eigenvalue weighted by molar-refractivity contribution is 5.72. The Morgan fingerprint density at radius 2 is 1.71 bits per heavy atom. The van der Waals surface area contributed by atoms with Crippen molar-refractivity contribution in [3.63, 3.8) is 0 Å². The van der Waals surface area contributed by atoms with Crippen molar-refractivity contribution in [2.75, 3.05) is 40.4 Å². The van der Waals surface area contributed by atoms with Crippen LogP contribution in [0.15, 0.2) is 23.1 Å². The number of rotatable bonds is 5. The number of hydrogen-bond acceptors (Lipinski definition) is 5. The largest absolute Gasteiger partial charge is 0.496 e. The summed E-state index contributed by atoms with van der Waals surface area (Å²) in [7, 11) is 5.18. The maximum absolute atomic E-state index is 12.2. The molecule has 0 amide bonds. The second-order valence-corrected chi connectivity index (χ2v) is 7.45. The molecule has 2 aromatic rings. The first kappa shape index (κ1) is 20.4. The van der Waals surface area contributed by atoms with Crippen LogP contribution in [0.1, 0.15) is 23.1 Å². The van der Waals surface area contributed by atoms with Crippen molar-refractivity contribution in [2.24, 2.45) is 7.05 Å². The summed E-state index contributed by atoms with van der Waals surface area (Å²) in [6.45, 7) is 8.78. The van der Waals surface area contributed by atoms with Gasteiger partial charge in [0.05, 0.1) is 19.8 Å². The van der Waals surface area contributed by atoms with Gasteiger partial charge in [-0.2, -0.15) is 0 Å². The van der Waals surface area contributed by atoms with Crippen molar-refractivity contribution >= 4 is 0 Å². The Labute approximate surface area is 167 Å². The fourth-order valence-corrected chi connectivity index (χ4v) is 3.85. The lowest BCUT2D eigenvalue weighted by atomic mass is 9.97. The molecule has 1 aliphatic heterocycles. The lowest BCUT2D eigenvalue weighted by Gasteiger charge is -2.23. The Morgan fingerprint density at radius 1 is 1.04 bits per heavy atom. The van der Waals surface area contributed by atoms with E-state index in [1.54, 1.807) is 25.8 Å². The van der Waals surface area contributed by atoms with Gasteiger partial charge in [-0.25, -0.2) is 0 Å². The van der Waals surface area contributed by atoms with E-state index < -0.39 is 0 Å². The van der Waals surface area contributed by atoms with Crippen LogP contribution in [0.25, 0.3) is 11.1 Å². The van der Waals surface area contributed by atoms with Crippen LogP contribution in [0.2, 0.25) is 0 Å². The lowest BCUT2D eigenvalue weighted by Crippen LogP contribution is -2.28. The van der Waals surface area contributed by atoms with E-state index in [1.807, 2.05) is 20.0 Å². The molecule has 1 aliphatic rings. The van der Waals surface area contributed by atoms with E-state index >= 15 is 0 Å². The third-order valence-electron chi connectivity index (χ3n) is 5.66. The van der Waals surface area contributed by atoms with Crippen molar-refractivity contribution < 1.29 is 9.47 Å². The second kappa shape index (κ2) is 8.80. The molecule has 1 fully saturated rings. The normalized spacial score (nSPS) is 15.3. The highest BCUT2D eigenvalue weighted by atomic mass is 16.5. The van der Waals surface area contributed by atoms with E-state index in [-0.39, 0.29) is 5.56 Å². The fourth-order valence-electron chi connectivity index (χ4n) is 3.85. The molecule has 1 aromatic heterocycles. The summed E-state index contributed by atoms with van der Waals surface area (Å²) in [5, 5.41) is 3.44. The molecule has 0 unspecified atom stereocenters. The topological polar surface area (TPSA) is 55.7 Å². The quantitative estimate of drug-likeness (QED) is 0.857. The predicted octanol–water partition coefficient (Wildman–Crippen LogP) is 2.48. The van der Waals surface area contributed by atoms with Gasteiger partial charge in [0, 0.05) is 44.0 Å². The molecular formula is C22H31N3O3. The maximum Gasteiger partial charge on any atom is 0.253 e. The minimum absolute atomic E-state index is 0.0339. The molecule has 28 heavy (non-hydrogen) atoms. The Kier molecular flexibility index (Phi) is 6.42. The van der Waals surface area contributed by atoms with Crippen LogP contribution >= 0.6 is 0 Å². The van der Waals surface area contributed by atoms with Gasteiger partial charge in [0.25, 0.3) is 5.56 Å². The molecule has 0 radical (unpaired) electrons. The summed E-state index contributed by atoms with van der Waals surface area (Å²) in [6.07, 6.45) is 3.03. The van der Waals surface area contributed by atoms with Gasteiger partial charge in [0.2, 0.25) is 0 Å². The average molecular weight is 386 g/mol. The molecule has 6 heteroatoms. The molecule has 1 N–H and O–H groups in total. The molecule has 0 saturated carbocycles. The van der Waals surface area contributed by atoms with Crippen LogP contribution in [0.3, 0.4) is 0 Å². The number of nitrogens with one attached hydrogen (secondary N) is 1. The molecule has 2 heterocycles. The zero-order chi connectivity index (χ0) is 20.3. The molecule has 1 aromatic carbocycles. The van der Waals surface area contributed by atoms with E-state index in [4.69, 9.17) is 9.47 Å². The van der Waals surface area contributed by atoms with Gasteiger partial charge in [0.1, 0.15) is 11.5 Å². The zero-order valence-corrected chi connectivity index (χ0v) is 17.6. The SMILES string of the molecule is COc1cc(-c2cn(C)c(=O)c(C)c2C)cc(OC)c1CN1CCCNCC1. The van der Waals surface area contributed by atoms with Gasteiger partial charge < -0.3 is 19.4 Å². The molecule has 6 nitrogen and oxygen atoms in total. The van der Waals surface area contributed by atoms with Crippen LogP contribution in [-0.4, -0.2) is 49.9 Å². The highest BCUT2D eigenvalue weighted by Crippen LogP contribution is 2.37. The van der Waals surface area contributed by atoms with Gasteiger partial charge in [-0.3, -0.25) is 9.69 Å². The predicted molar refractivity (Wildman–Crippen MR) is 112 cm³/mol. The molecule has 0 atom stereocenters. The lowest BCUT2D eigenvalue weighted by molar-refractivity contribution is 0.272. The maximum atomic E-state index is 12.2. The third kappa shape index (κ3) is 4.08. The van der Waals surface area contributed by atoms with E-state index in [1.165, 1.54) is 0 Å². The van der Waals surface area contributed by atoms with Gasteiger partial charge in [-0.1, -0.05) is 0 Å². The zero-order valence-electron chi connectivity index (χ0n) is 17.6. The van der Waals surface area contributed by atoms with Gasteiger partial charge >= 0.3 is 0 Å². The minimum Gasteiger partial charge on any atom is -0.496 e. The number of hydrogen-bond donors (Lipinski definition) is 1. The molecule has 1 saturated heterocycles. The van der Waals surface area contributed by atoms with Crippen molar-refractivity contribution in [3.8, 4) is 22.6 Å². The summed E-state index contributed by atoms with van der Waals surface area (Å²) in [4.78, 5) is 14.7. The summed E-state index contributed by atoms with van der Waals surface area (Å²) in [5.41, 5.74) is 4.85. The highest BCUT2D eigenvalue weighted by Gasteiger charge is 2.19. The summed E-state index contributed by atoms with van der Waals surface area (Å²) >= 11 is 0. The first-order valence-corrected chi connectivity index (χ1v) is 9.81. The number of nitrogens with zero attached hydrogens (tertiary/aromatic N) is 2. The molecule has 0 spiro atoms. The van der Waals surface area contributed by atoms with Crippen LogP contribution in [0, 0.1) is 13.8 Å². The van der Waals surface area contributed by atoms with Crippen LogP contribution in [0.4, 0.5) is 0 Å². The summed E-state index contributed by atoms with van der Waals surface area (Å²) in [6, 6.07) is 4.11. The van der Waals surface area contributed by atoms with Gasteiger partial charge in [-0.15, -0.1) is 0 Å². The monoisotopic (exact) mass is 385 g/mol. The third-order valence-corrected chi connectivity index (χ3v) is 5.66. The van der Waals surface area contributed by atoms with E-state index in [0.29, 0.717) is 0 Å². The van der Waals surface area contributed by atoms with Crippen molar-refractivity contribution in [1.29, 1.82) is 0 Å². The number of pyridine rings is 1. The van der Waals surface area contributed by atoms with Crippen LogP contribution < -0.4 is 20.3 Å². The van der Waals surface area contributed by atoms with E-state index in [2.05, 4.69) is 22.3 Å².